The van der Waals surface area contributed by atoms with Crippen LogP contribution in [0, 0.1) is 17.8 Å². The SMILES string of the molecule is O=C(O)C[C@H](C(=O)O)[C@@H](OC(=O)C1=Cc2cc(O)c(O)cc2[C@@H](c2ccc(O)c(O)c2)[C@@H]1C(=O)O[C@@H](C(=O)O)[C@H](CC(=O)O)C(=O)O)C(=O)O. The van der Waals surface area contributed by atoms with E-state index in [9.17, 15) is 79.2 Å². The summed E-state index contributed by atoms with van der Waals surface area (Å²) in [5, 5.41) is 97.3. The highest BCUT2D eigenvalue weighted by molar-refractivity contribution is 6.03. The molecule has 20 heteroatoms. The number of carbonyl (C=O) groups is 8. The molecule has 0 aliphatic heterocycles. The average molecular weight is 707 g/mol. The number of esters is 2. The highest BCUT2D eigenvalue weighted by atomic mass is 16.6. The second kappa shape index (κ2) is 14.9. The van der Waals surface area contributed by atoms with Gasteiger partial charge in [-0.3, -0.25) is 24.0 Å². The fourth-order valence-electron chi connectivity index (χ4n) is 5.19. The maximum Gasteiger partial charge on any atom is 0.345 e. The van der Waals surface area contributed by atoms with Crippen LogP contribution in [0.15, 0.2) is 35.9 Å². The van der Waals surface area contributed by atoms with Crippen LogP contribution in [-0.2, 0) is 47.8 Å². The Morgan fingerprint density at radius 2 is 1.08 bits per heavy atom. The summed E-state index contributed by atoms with van der Waals surface area (Å²) in [6, 6.07) is 4.45. The Balaban J connectivity index is 2.32. The van der Waals surface area contributed by atoms with Crippen molar-refractivity contribution in [1.29, 1.82) is 0 Å². The number of hydrogen-bond donors (Lipinski definition) is 10. The van der Waals surface area contributed by atoms with E-state index >= 15 is 0 Å². The van der Waals surface area contributed by atoms with Crippen molar-refractivity contribution in [3.05, 3.63) is 52.6 Å². The Bertz CT molecular complexity index is 1810. The number of carboxylic acid groups (broad SMARTS) is 6. The van der Waals surface area contributed by atoms with Crippen LogP contribution in [0.1, 0.15) is 35.4 Å². The number of aromatic hydroxyl groups is 4. The summed E-state index contributed by atoms with van der Waals surface area (Å²) in [5.74, 6) is -27.8. The second-order valence-corrected chi connectivity index (χ2v) is 10.7. The monoisotopic (exact) mass is 706 g/mol. The Morgan fingerprint density at radius 1 is 0.600 bits per heavy atom. The zero-order chi connectivity index (χ0) is 37.8. The molecule has 6 atom stereocenters. The number of hydrogen-bond acceptors (Lipinski definition) is 14. The molecule has 0 saturated carbocycles. The second-order valence-electron chi connectivity index (χ2n) is 10.7. The molecule has 266 valence electrons. The van der Waals surface area contributed by atoms with Gasteiger partial charge in [-0.25, -0.2) is 14.4 Å². The van der Waals surface area contributed by atoms with Gasteiger partial charge in [0.2, 0.25) is 12.2 Å². The third kappa shape index (κ3) is 8.16. The van der Waals surface area contributed by atoms with E-state index in [-0.39, 0.29) is 16.7 Å². The van der Waals surface area contributed by atoms with Crippen molar-refractivity contribution in [3.63, 3.8) is 0 Å². The van der Waals surface area contributed by atoms with Crippen molar-refractivity contribution >= 4 is 53.8 Å². The summed E-state index contributed by atoms with van der Waals surface area (Å²) in [6.45, 7) is 0. The molecule has 1 aliphatic rings. The minimum Gasteiger partial charge on any atom is -0.504 e. The molecule has 0 unspecified atom stereocenters. The number of carbonyl (C=O) groups excluding carboxylic acids is 2. The van der Waals surface area contributed by atoms with Crippen LogP contribution < -0.4 is 0 Å². The van der Waals surface area contributed by atoms with Crippen LogP contribution in [0.3, 0.4) is 0 Å². The molecule has 2 aromatic carbocycles. The van der Waals surface area contributed by atoms with E-state index in [1.54, 1.807) is 0 Å². The normalized spacial score (nSPS) is 17.4. The van der Waals surface area contributed by atoms with E-state index in [0.717, 1.165) is 36.4 Å². The number of phenols is 4. The standard InChI is InChI=1S/C30H26O20/c31-15-2-1-9(4-16(15)32)21-11-6-18(34)17(33)5-10(11)3-12(29(47)49-23(27(43)44)13(25(39)40)7-19(35)36)22(21)30(48)50-24(28(45)46)14(26(41)42)8-20(37)38/h1-6,13-14,21-24,31-34H,7-8H2,(H,35,36)(H,37,38)(H,39,40)(H,41,42)(H,43,44)(H,45,46)/t13-,14-,21+,22+,23+,24+/m0/s1. The van der Waals surface area contributed by atoms with E-state index in [1.807, 2.05) is 0 Å². The number of rotatable bonds is 15. The molecule has 0 bridgehead atoms. The average Bonchev–Trinajstić information content (AvgIpc) is 3.00. The van der Waals surface area contributed by atoms with Crippen LogP contribution in [-0.4, -0.2) is 111 Å². The van der Waals surface area contributed by atoms with Crippen LogP contribution >= 0.6 is 0 Å². The Hall–Kier alpha value is -6.86. The van der Waals surface area contributed by atoms with Crippen molar-refractivity contribution in [2.24, 2.45) is 17.8 Å². The molecular weight excluding hydrogens is 680 g/mol. The first-order valence-electron chi connectivity index (χ1n) is 13.8. The summed E-state index contributed by atoms with van der Waals surface area (Å²) < 4.78 is 9.87. The van der Waals surface area contributed by atoms with Gasteiger partial charge in [-0.2, -0.15) is 0 Å². The molecule has 0 aromatic heterocycles. The van der Waals surface area contributed by atoms with E-state index < -0.39 is 125 Å². The van der Waals surface area contributed by atoms with Gasteiger partial charge in [-0.05, 0) is 47.0 Å². The molecule has 10 N–H and O–H groups in total. The first kappa shape index (κ1) is 37.6. The van der Waals surface area contributed by atoms with Crippen LogP contribution in [0.4, 0.5) is 0 Å². The fraction of sp³-hybridized carbons (Fsp3) is 0.267. The van der Waals surface area contributed by atoms with E-state index in [4.69, 9.17) is 19.7 Å². The predicted octanol–water partition coefficient (Wildman–Crippen LogP) is -0.00210. The number of carboxylic acids is 6. The minimum atomic E-state index is -2.75. The Morgan fingerprint density at radius 3 is 1.54 bits per heavy atom. The Kier molecular flexibility index (Phi) is 11.2. The third-order valence-electron chi connectivity index (χ3n) is 7.46. The fourth-order valence-corrected chi connectivity index (χ4v) is 5.19. The van der Waals surface area contributed by atoms with Crippen molar-refractivity contribution in [3.8, 4) is 23.0 Å². The van der Waals surface area contributed by atoms with Gasteiger partial charge in [-0.15, -0.1) is 0 Å². The quantitative estimate of drug-likeness (QED) is 0.0860. The molecular formula is C30H26O20. The lowest BCUT2D eigenvalue weighted by Gasteiger charge is -2.34. The number of ether oxygens (including phenoxy) is 2. The largest absolute Gasteiger partial charge is 0.504 e. The van der Waals surface area contributed by atoms with E-state index in [1.165, 1.54) is 0 Å². The molecule has 2 aromatic rings. The number of aliphatic carboxylic acids is 6. The van der Waals surface area contributed by atoms with Gasteiger partial charge < -0.3 is 60.5 Å². The molecule has 20 nitrogen and oxygen atoms in total. The summed E-state index contributed by atoms with van der Waals surface area (Å²) in [4.78, 5) is 98.0. The first-order chi connectivity index (χ1) is 23.2. The highest BCUT2D eigenvalue weighted by Crippen LogP contribution is 2.48. The molecule has 0 spiro atoms. The van der Waals surface area contributed by atoms with Crippen molar-refractivity contribution in [2.75, 3.05) is 0 Å². The van der Waals surface area contributed by atoms with Gasteiger partial charge in [0, 0.05) is 5.92 Å². The van der Waals surface area contributed by atoms with Gasteiger partial charge in [0.05, 0.1) is 24.3 Å². The lowest BCUT2D eigenvalue weighted by molar-refractivity contribution is -0.178. The lowest BCUT2D eigenvalue weighted by Crippen LogP contribution is -2.44. The van der Waals surface area contributed by atoms with Gasteiger partial charge in [0.15, 0.2) is 23.0 Å². The summed E-state index contributed by atoms with van der Waals surface area (Å²) >= 11 is 0. The van der Waals surface area contributed by atoms with Gasteiger partial charge >= 0.3 is 47.8 Å². The van der Waals surface area contributed by atoms with E-state index in [2.05, 4.69) is 0 Å². The molecule has 0 saturated heterocycles. The molecule has 0 fully saturated rings. The number of fused-ring (bicyclic) bond motifs is 1. The minimum absolute atomic E-state index is 0.194. The molecule has 3 rings (SSSR count). The summed E-state index contributed by atoms with van der Waals surface area (Å²) in [5.41, 5.74) is -1.65. The molecule has 0 heterocycles. The van der Waals surface area contributed by atoms with Crippen molar-refractivity contribution < 1.29 is 98.9 Å². The lowest BCUT2D eigenvalue weighted by atomic mass is 9.71. The maximum absolute atomic E-state index is 14.0. The molecule has 1 aliphatic carbocycles. The number of benzene rings is 2. The van der Waals surface area contributed by atoms with Crippen LogP contribution in [0.25, 0.3) is 6.08 Å². The number of phenolic OH excluding ortho intramolecular Hbond substituents is 4. The zero-order valence-corrected chi connectivity index (χ0v) is 24.9. The van der Waals surface area contributed by atoms with Gasteiger partial charge in [-0.1, -0.05) is 6.07 Å². The van der Waals surface area contributed by atoms with Crippen LogP contribution in [0.2, 0.25) is 0 Å². The van der Waals surface area contributed by atoms with E-state index in [0.29, 0.717) is 0 Å². The smallest absolute Gasteiger partial charge is 0.345 e. The van der Waals surface area contributed by atoms with Crippen molar-refractivity contribution in [1.82, 2.24) is 0 Å². The van der Waals surface area contributed by atoms with Crippen molar-refractivity contribution in [2.45, 2.75) is 31.0 Å². The van der Waals surface area contributed by atoms with Crippen LogP contribution in [0.5, 0.6) is 23.0 Å². The Labute approximate surface area is 277 Å². The van der Waals surface area contributed by atoms with Gasteiger partial charge in [0.1, 0.15) is 11.8 Å². The summed E-state index contributed by atoms with van der Waals surface area (Å²) in [7, 11) is 0. The third-order valence-corrected chi connectivity index (χ3v) is 7.46. The molecule has 0 amide bonds. The molecule has 50 heavy (non-hydrogen) atoms. The zero-order valence-electron chi connectivity index (χ0n) is 24.9. The summed E-state index contributed by atoms with van der Waals surface area (Å²) in [6.07, 6.45) is -7.52. The van der Waals surface area contributed by atoms with Gasteiger partial charge in [0.25, 0.3) is 0 Å². The topological polar surface area (TPSA) is 357 Å². The molecule has 0 radical (unpaired) electrons. The predicted molar refractivity (Wildman–Crippen MR) is 155 cm³/mol. The maximum atomic E-state index is 14.0. The highest BCUT2D eigenvalue weighted by Gasteiger charge is 2.48. The first-order valence-corrected chi connectivity index (χ1v) is 13.8.